The molecule has 0 amide bonds. The topological polar surface area (TPSA) is 43.1 Å². The Morgan fingerprint density at radius 2 is 2.00 bits per heavy atom. The van der Waals surface area contributed by atoms with Crippen LogP contribution in [0.2, 0.25) is 0 Å². The largest absolute Gasteiger partial charge is 0.319 e. The molecule has 2 heteroatoms. The summed E-state index contributed by atoms with van der Waals surface area (Å²) in [6, 6.07) is 14.4. The van der Waals surface area contributed by atoms with Crippen molar-refractivity contribution < 1.29 is 4.79 Å². The lowest BCUT2D eigenvalue weighted by Gasteiger charge is -2.35. The highest BCUT2D eigenvalue weighted by atomic mass is 16.1. The number of hydrogen-bond acceptors (Lipinski definition) is 2. The molecule has 2 atom stereocenters. The molecule has 0 heterocycles. The molecule has 0 spiro atoms. The van der Waals surface area contributed by atoms with Crippen molar-refractivity contribution in [3.05, 3.63) is 48.0 Å². The van der Waals surface area contributed by atoms with Crippen molar-refractivity contribution in [2.75, 3.05) is 0 Å². The van der Waals surface area contributed by atoms with E-state index in [-0.39, 0.29) is 5.78 Å². The second-order valence-corrected chi connectivity index (χ2v) is 6.60. The van der Waals surface area contributed by atoms with E-state index in [0.29, 0.717) is 12.3 Å². The van der Waals surface area contributed by atoms with E-state index in [4.69, 9.17) is 5.73 Å². The standard InChI is InChI=1S/C19H23NO/c1-14-6-5-11-19(20,13-14)18(21)12-16-9-4-8-15-7-2-3-10-17(15)16/h2-4,7-10,14H,5-6,11-13,20H2,1H3. The van der Waals surface area contributed by atoms with Gasteiger partial charge in [0.2, 0.25) is 0 Å². The molecule has 2 aromatic carbocycles. The van der Waals surface area contributed by atoms with Crippen molar-refractivity contribution in [2.24, 2.45) is 11.7 Å². The van der Waals surface area contributed by atoms with Crippen LogP contribution in [0.15, 0.2) is 42.5 Å². The third-order valence-corrected chi connectivity index (χ3v) is 4.82. The minimum Gasteiger partial charge on any atom is -0.319 e. The zero-order chi connectivity index (χ0) is 14.9. The van der Waals surface area contributed by atoms with Crippen molar-refractivity contribution in [1.29, 1.82) is 0 Å². The Morgan fingerprint density at radius 1 is 1.24 bits per heavy atom. The first-order valence-corrected chi connectivity index (χ1v) is 7.87. The lowest BCUT2D eigenvalue weighted by molar-refractivity contribution is -0.125. The molecule has 1 fully saturated rings. The van der Waals surface area contributed by atoms with Gasteiger partial charge in [0.1, 0.15) is 0 Å². The summed E-state index contributed by atoms with van der Waals surface area (Å²) >= 11 is 0. The molecular weight excluding hydrogens is 258 g/mol. The molecule has 21 heavy (non-hydrogen) atoms. The van der Waals surface area contributed by atoms with E-state index in [2.05, 4.69) is 31.2 Å². The maximum absolute atomic E-state index is 12.8. The smallest absolute Gasteiger partial charge is 0.157 e. The number of hydrogen-bond donors (Lipinski definition) is 1. The van der Waals surface area contributed by atoms with Gasteiger partial charge in [-0.25, -0.2) is 0 Å². The Hall–Kier alpha value is -1.67. The quantitative estimate of drug-likeness (QED) is 0.928. The van der Waals surface area contributed by atoms with Crippen LogP contribution in [-0.2, 0) is 11.2 Å². The highest BCUT2D eigenvalue weighted by Crippen LogP contribution is 2.32. The molecule has 0 aromatic heterocycles. The van der Waals surface area contributed by atoms with Crippen LogP contribution in [0.4, 0.5) is 0 Å². The number of ketones is 1. The van der Waals surface area contributed by atoms with Gasteiger partial charge in [0.15, 0.2) is 5.78 Å². The zero-order valence-electron chi connectivity index (χ0n) is 12.6. The van der Waals surface area contributed by atoms with Crippen molar-refractivity contribution in [2.45, 2.75) is 44.6 Å². The predicted octanol–water partition coefficient (Wildman–Crippen LogP) is 3.86. The molecule has 1 aliphatic rings. The average molecular weight is 281 g/mol. The SMILES string of the molecule is CC1CCCC(N)(C(=O)Cc2cccc3ccccc23)C1. The molecule has 0 saturated heterocycles. The van der Waals surface area contributed by atoms with Gasteiger partial charge in [-0.1, -0.05) is 62.2 Å². The number of benzene rings is 2. The summed E-state index contributed by atoms with van der Waals surface area (Å²) in [5.41, 5.74) is 6.92. The Labute approximate surface area is 126 Å². The van der Waals surface area contributed by atoms with Crippen LogP contribution >= 0.6 is 0 Å². The average Bonchev–Trinajstić information content (AvgIpc) is 2.47. The first-order valence-electron chi connectivity index (χ1n) is 7.87. The van der Waals surface area contributed by atoms with Crippen LogP contribution in [0.1, 0.15) is 38.2 Å². The molecule has 2 unspecified atom stereocenters. The van der Waals surface area contributed by atoms with E-state index >= 15 is 0 Å². The summed E-state index contributed by atoms with van der Waals surface area (Å²) < 4.78 is 0. The van der Waals surface area contributed by atoms with Crippen LogP contribution in [0.25, 0.3) is 10.8 Å². The fourth-order valence-electron chi connectivity index (χ4n) is 3.64. The van der Waals surface area contributed by atoms with Crippen LogP contribution in [0.3, 0.4) is 0 Å². The maximum atomic E-state index is 12.8. The summed E-state index contributed by atoms with van der Waals surface area (Å²) in [5, 5.41) is 2.35. The van der Waals surface area contributed by atoms with Gasteiger partial charge in [-0.3, -0.25) is 4.79 Å². The zero-order valence-corrected chi connectivity index (χ0v) is 12.6. The minimum atomic E-state index is -0.616. The molecule has 0 aliphatic heterocycles. The number of fused-ring (bicyclic) bond motifs is 1. The van der Waals surface area contributed by atoms with Gasteiger partial charge in [0.05, 0.1) is 5.54 Å². The lowest BCUT2D eigenvalue weighted by Crippen LogP contribution is -2.51. The summed E-state index contributed by atoms with van der Waals surface area (Å²) in [4.78, 5) is 12.8. The van der Waals surface area contributed by atoms with Crippen LogP contribution in [0, 0.1) is 5.92 Å². The molecule has 2 aromatic rings. The lowest BCUT2D eigenvalue weighted by atomic mass is 9.73. The van der Waals surface area contributed by atoms with Crippen molar-refractivity contribution in [3.63, 3.8) is 0 Å². The number of Topliss-reactive ketones (excluding diaryl/α,β-unsaturated/α-hetero) is 1. The molecule has 0 radical (unpaired) electrons. The molecule has 1 aliphatic carbocycles. The van der Waals surface area contributed by atoms with E-state index in [9.17, 15) is 4.79 Å². The van der Waals surface area contributed by atoms with Crippen molar-refractivity contribution in [1.82, 2.24) is 0 Å². The van der Waals surface area contributed by atoms with Crippen LogP contribution in [0.5, 0.6) is 0 Å². The highest BCUT2D eigenvalue weighted by molar-refractivity contribution is 5.95. The highest BCUT2D eigenvalue weighted by Gasteiger charge is 2.37. The fraction of sp³-hybridized carbons (Fsp3) is 0.421. The Bertz CT molecular complexity index is 658. The van der Waals surface area contributed by atoms with Crippen molar-refractivity contribution >= 4 is 16.6 Å². The third kappa shape index (κ3) is 2.86. The monoisotopic (exact) mass is 281 g/mol. The number of nitrogens with two attached hydrogens (primary N) is 1. The van der Waals surface area contributed by atoms with E-state index in [1.165, 1.54) is 17.2 Å². The van der Waals surface area contributed by atoms with E-state index in [0.717, 1.165) is 24.8 Å². The fourth-order valence-corrected chi connectivity index (χ4v) is 3.64. The van der Waals surface area contributed by atoms with Gasteiger partial charge in [-0.15, -0.1) is 0 Å². The molecule has 1 saturated carbocycles. The summed E-state index contributed by atoms with van der Waals surface area (Å²) in [6.45, 7) is 2.20. The summed E-state index contributed by atoms with van der Waals surface area (Å²) in [7, 11) is 0. The summed E-state index contributed by atoms with van der Waals surface area (Å²) in [5.74, 6) is 0.755. The van der Waals surface area contributed by atoms with Gasteiger partial charge < -0.3 is 5.73 Å². The normalized spacial score (nSPS) is 25.9. The van der Waals surface area contributed by atoms with Crippen LogP contribution in [-0.4, -0.2) is 11.3 Å². The molecule has 110 valence electrons. The molecule has 2 nitrogen and oxygen atoms in total. The maximum Gasteiger partial charge on any atom is 0.157 e. The van der Waals surface area contributed by atoms with Gasteiger partial charge in [0, 0.05) is 6.42 Å². The third-order valence-electron chi connectivity index (χ3n) is 4.82. The summed E-state index contributed by atoms with van der Waals surface area (Å²) in [6.07, 6.45) is 4.38. The predicted molar refractivity (Wildman–Crippen MR) is 87.2 cm³/mol. The van der Waals surface area contributed by atoms with E-state index in [1.54, 1.807) is 0 Å². The van der Waals surface area contributed by atoms with E-state index < -0.39 is 5.54 Å². The molecule has 3 rings (SSSR count). The van der Waals surface area contributed by atoms with Gasteiger partial charge in [-0.2, -0.15) is 0 Å². The molecule has 0 bridgehead atoms. The Kier molecular flexibility index (Phi) is 3.81. The van der Waals surface area contributed by atoms with Gasteiger partial charge in [-0.05, 0) is 35.1 Å². The second-order valence-electron chi connectivity index (χ2n) is 6.60. The van der Waals surface area contributed by atoms with Gasteiger partial charge >= 0.3 is 0 Å². The Balaban J connectivity index is 1.86. The number of carbonyl (C=O) groups excluding carboxylic acids is 1. The van der Waals surface area contributed by atoms with Gasteiger partial charge in [0.25, 0.3) is 0 Å². The van der Waals surface area contributed by atoms with Crippen molar-refractivity contribution in [3.8, 4) is 0 Å². The number of carbonyl (C=O) groups is 1. The first-order chi connectivity index (χ1) is 10.1. The molecular formula is C19H23NO. The minimum absolute atomic E-state index is 0.199. The number of rotatable bonds is 3. The Morgan fingerprint density at radius 3 is 2.81 bits per heavy atom. The first kappa shape index (κ1) is 14.3. The van der Waals surface area contributed by atoms with E-state index in [1.807, 2.05) is 18.2 Å². The van der Waals surface area contributed by atoms with Crippen LogP contribution < -0.4 is 5.73 Å². The second kappa shape index (κ2) is 5.61. The molecule has 2 N–H and O–H groups in total.